The van der Waals surface area contributed by atoms with Crippen LogP contribution in [0.1, 0.15) is 26.2 Å². The Bertz CT molecular complexity index is 358. The molecule has 3 fully saturated rings. The fourth-order valence-corrected chi connectivity index (χ4v) is 3.24. The first-order chi connectivity index (χ1) is 8.18. The van der Waals surface area contributed by atoms with Crippen molar-refractivity contribution < 1.29 is 14.3 Å². The normalized spacial score (nSPS) is 37.8. The highest BCUT2D eigenvalue weighted by Crippen LogP contribution is 2.28. The van der Waals surface area contributed by atoms with E-state index in [1.165, 1.54) is 0 Å². The number of nitrogens with zero attached hydrogens (tertiary/aromatic N) is 2. The first-order valence-electron chi connectivity index (χ1n) is 6.40. The molecular formula is C12H18N2O3. The van der Waals surface area contributed by atoms with Crippen molar-refractivity contribution in [3.63, 3.8) is 0 Å². The van der Waals surface area contributed by atoms with Crippen LogP contribution in [0.5, 0.6) is 0 Å². The van der Waals surface area contributed by atoms with Crippen LogP contribution in [0.4, 0.5) is 0 Å². The van der Waals surface area contributed by atoms with Crippen LogP contribution < -0.4 is 0 Å². The Kier molecular flexibility index (Phi) is 2.58. The standard InChI is InChI=1S/C12H18N2O3/c1-8-9(4-6-17-8)14-7-11(15)13-5-2-3-10(13)12(14)16/h8-10H,2-7H2,1H3. The van der Waals surface area contributed by atoms with Crippen LogP contribution >= 0.6 is 0 Å². The number of fused-ring (bicyclic) bond motifs is 1. The molecule has 3 atom stereocenters. The second kappa shape index (κ2) is 3.98. The molecule has 0 N–H and O–H groups in total. The highest BCUT2D eigenvalue weighted by atomic mass is 16.5. The predicted molar refractivity (Wildman–Crippen MR) is 60.3 cm³/mol. The van der Waals surface area contributed by atoms with Gasteiger partial charge in [0.1, 0.15) is 12.6 Å². The number of ether oxygens (including phenoxy) is 1. The zero-order valence-electron chi connectivity index (χ0n) is 10.1. The summed E-state index contributed by atoms with van der Waals surface area (Å²) >= 11 is 0. The highest BCUT2D eigenvalue weighted by Gasteiger charge is 2.45. The summed E-state index contributed by atoms with van der Waals surface area (Å²) in [5.74, 6) is 0.232. The van der Waals surface area contributed by atoms with Crippen molar-refractivity contribution in [2.45, 2.75) is 44.4 Å². The number of rotatable bonds is 1. The highest BCUT2D eigenvalue weighted by molar-refractivity contribution is 5.95. The minimum Gasteiger partial charge on any atom is -0.376 e. The fourth-order valence-electron chi connectivity index (χ4n) is 3.24. The van der Waals surface area contributed by atoms with E-state index in [1.54, 1.807) is 9.80 Å². The average Bonchev–Trinajstić information content (AvgIpc) is 2.92. The molecule has 0 spiro atoms. The summed E-state index contributed by atoms with van der Waals surface area (Å²) < 4.78 is 5.49. The van der Waals surface area contributed by atoms with Crippen LogP contribution in [0.2, 0.25) is 0 Å². The van der Waals surface area contributed by atoms with Gasteiger partial charge in [0.25, 0.3) is 0 Å². The summed E-state index contributed by atoms with van der Waals surface area (Å²) in [6.07, 6.45) is 2.68. The van der Waals surface area contributed by atoms with E-state index in [1.807, 2.05) is 6.92 Å². The predicted octanol–water partition coefficient (Wildman–Crippen LogP) is -0.00300. The lowest BCUT2D eigenvalue weighted by Gasteiger charge is -2.40. The van der Waals surface area contributed by atoms with Gasteiger partial charge in [-0.2, -0.15) is 0 Å². The number of hydrogen-bond acceptors (Lipinski definition) is 3. The van der Waals surface area contributed by atoms with Crippen molar-refractivity contribution in [1.82, 2.24) is 9.80 Å². The molecular weight excluding hydrogens is 220 g/mol. The van der Waals surface area contributed by atoms with Gasteiger partial charge in [0.15, 0.2) is 0 Å². The van der Waals surface area contributed by atoms with Gasteiger partial charge in [-0.3, -0.25) is 9.59 Å². The molecule has 0 aromatic carbocycles. The van der Waals surface area contributed by atoms with Crippen LogP contribution in [-0.4, -0.2) is 59.5 Å². The Labute approximate surface area is 101 Å². The smallest absolute Gasteiger partial charge is 0.246 e. The molecule has 0 aromatic rings. The second-order valence-corrected chi connectivity index (χ2v) is 5.14. The van der Waals surface area contributed by atoms with Gasteiger partial charge in [0.05, 0.1) is 12.1 Å². The van der Waals surface area contributed by atoms with Gasteiger partial charge in [-0.1, -0.05) is 0 Å². The summed E-state index contributed by atoms with van der Waals surface area (Å²) in [6.45, 7) is 3.67. The Morgan fingerprint density at radius 1 is 1.24 bits per heavy atom. The van der Waals surface area contributed by atoms with Gasteiger partial charge in [0, 0.05) is 13.2 Å². The van der Waals surface area contributed by atoms with Crippen molar-refractivity contribution in [2.24, 2.45) is 0 Å². The molecule has 0 bridgehead atoms. The van der Waals surface area contributed by atoms with Gasteiger partial charge < -0.3 is 14.5 Å². The third-order valence-corrected chi connectivity index (χ3v) is 4.18. The number of carbonyl (C=O) groups excluding carboxylic acids is 2. The number of hydrogen-bond donors (Lipinski definition) is 0. The Hall–Kier alpha value is -1.10. The molecule has 0 radical (unpaired) electrons. The monoisotopic (exact) mass is 238 g/mol. The quantitative estimate of drug-likeness (QED) is 0.646. The molecule has 3 aliphatic rings. The van der Waals surface area contributed by atoms with Gasteiger partial charge in [-0.15, -0.1) is 0 Å². The maximum absolute atomic E-state index is 12.4. The van der Waals surface area contributed by atoms with Crippen molar-refractivity contribution in [3.05, 3.63) is 0 Å². The zero-order chi connectivity index (χ0) is 12.0. The van der Waals surface area contributed by atoms with E-state index in [9.17, 15) is 9.59 Å². The van der Waals surface area contributed by atoms with Crippen molar-refractivity contribution in [2.75, 3.05) is 19.7 Å². The molecule has 3 unspecified atom stereocenters. The second-order valence-electron chi connectivity index (χ2n) is 5.14. The zero-order valence-corrected chi connectivity index (χ0v) is 10.1. The van der Waals surface area contributed by atoms with Gasteiger partial charge in [0.2, 0.25) is 11.8 Å². The van der Waals surface area contributed by atoms with Crippen LogP contribution in [0, 0.1) is 0 Å². The summed E-state index contributed by atoms with van der Waals surface area (Å²) in [5.41, 5.74) is 0. The summed E-state index contributed by atoms with van der Waals surface area (Å²) in [6, 6.07) is -0.0988. The van der Waals surface area contributed by atoms with E-state index in [4.69, 9.17) is 4.74 Å². The van der Waals surface area contributed by atoms with Crippen LogP contribution in [-0.2, 0) is 14.3 Å². The average molecular weight is 238 g/mol. The first-order valence-corrected chi connectivity index (χ1v) is 6.40. The minimum atomic E-state index is -0.191. The first kappa shape index (κ1) is 11.0. The van der Waals surface area contributed by atoms with Crippen LogP contribution in [0.15, 0.2) is 0 Å². The van der Waals surface area contributed by atoms with Crippen molar-refractivity contribution >= 4 is 11.8 Å². The molecule has 17 heavy (non-hydrogen) atoms. The van der Waals surface area contributed by atoms with Crippen molar-refractivity contribution in [3.8, 4) is 0 Å². The lowest BCUT2D eigenvalue weighted by molar-refractivity contribution is -0.156. The van der Waals surface area contributed by atoms with Gasteiger partial charge in [-0.25, -0.2) is 0 Å². The molecule has 3 aliphatic heterocycles. The van der Waals surface area contributed by atoms with Crippen molar-refractivity contribution in [1.29, 1.82) is 0 Å². The molecule has 5 nitrogen and oxygen atoms in total. The SMILES string of the molecule is CC1OCCC1N1CC(=O)N2CCCC2C1=O. The molecule has 5 heteroatoms. The van der Waals surface area contributed by atoms with Gasteiger partial charge in [-0.05, 0) is 26.2 Å². The molecule has 94 valence electrons. The third kappa shape index (κ3) is 1.64. The Morgan fingerprint density at radius 2 is 2.06 bits per heavy atom. The van der Waals surface area contributed by atoms with E-state index in [0.29, 0.717) is 6.61 Å². The topological polar surface area (TPSA) is 49.9 Å². The van der Waals surface area contributed by atoms with E-state index in [-0.39, 0.29) is 36.5 Å². The fraction of sp³-hybridized carbons (Fsp3) is 0.833. The Balaban J connectivity index is 1.81. The summed E-state index contributed by atoms with van der Waals surface area (Å²) in [7, 11) is 0. The molecule has 0 aliphatic carbocycles. The Morgan fingerprint density at radius 3 is 2.76 bits per heavy atom. The summed E-state index contributed by atoms with van der Waals surface area (Å²) in [4.78, 5) is 27.9. The van der Waals surface area contributed by atoms with E-state index >= 15 is 0 Å². The summed E-state index contributed by atoms with van der Waals surface area (Å²) in [5, 5.41) is 0. The maximum atomic E-state index is 12.4. The lowest BCUT2D eigenvalue weighted by Crippen LogP contribution is -2.61. The number of amides is 2. The maximum Gasteiger partial charge on any atom is 0.246 e. The largest absolute Gasteiger partial charge is 0.376 e. The van der Waals surface area contributed by atoms with E-state index in [2.05, 4.69) is 0 Å². The van der Waals surface area contributed by atoms with E-state index < -0.39 is 0 Å². The number of piperazine rings is 1. The molecule has 0 saturated carbocycles. The molecule has 3 heterocycles. The third-order valence-electron chi connectivity index (χ3n) is 4.18. The molecule has 0 aromatic heterocycles. The molecule has 3 saturated heterocycles. The van der Waals surface area contributed by atoms with Crippen LogP contribution in [0.3, 0.4) is 0 Å². The molecule has 2 amide bonds. The number of carbonyl (C=O) groups is 2. The van der Waals surface area contributed by atoms with Crippen LogP contribution in [0.25, 0.3) is 0 Å². The lowest BCUT2D eigenvalue weighted by atomic mass is 10.0. The van der Waals surface area contributed by atoms with Gasteiger partial charge >= 0.3 is 0 Å². The molecule has 3 rings (SSSR count). The minimum absolute atomic E-state index is 0.0553. The van der Waals surface area contributed by atoms with E-state index in [0.717, 1.165) is 25.8 Å².